The summed E-state index contributed by atoms with van der Waals surface area (Å²) < 4.78 is 23.6. The van der Waals surface area contributed by atoms with Crippen LogP contribution in [0.1, 0.15) is 0 Å². The van der Waals surface area contributed by atoms with Crippen molar-refractivity contribution in [2.45, 2.75) is 85.1 Å². The topological polar surface area (TPSA) is 36.9 Å². The quantitative estimate of drug-likeness (QED) is 0.540. The van der Waals surface area contributed by atoms with Crippen LogP contribution in [-0.4, -0.2) is 52.6 Å². The summed E-state index contributed by atoms with van der Waals surface area (Å²) in [5.41, 5.74) is 0. The van der Waals surface area contributed by atoms with Crippen LogP contribution in [0.3, 0.4) is 0 Å². The van der Waals surface area contributed by atoms with Crippen molar-refractivity contribution in [1.29, 1.82) is 0 Å². The molecule has 0 heterocycles. The molecule has 0 saturated carbocycles. The van der Waals surface area contributed by atoms with Crippen LogP contribution in [0.25, 0.3) is 0 Å². The Kier molecular flexibility index (Phi) is 11.8. The lowest BCUT2D eigenvalue weighted by atomic mass is 11.8. The zero-order valence-electron chi connectivity index (χ0n) is 17.9. The van der Waals surface area contributed by atoms with Crippen LogP contribution in [0.4, 0.5) is 0 Å². The predicted octanol–water partition coefficient (Wildman–Crippen LogP) is 4.23. The maximum atomic E-state index is 6.03. The van der Waals surface area contributed by atoms with E-state index in [2.05, 4.69) is 85.1 Å². The van der Waals surface area contributed by atoms with Crippen molar-refractivity contribution in [3.63, 3.8) is 0 Å². The Balaban J connectivity index is 0. The van der Waals surface area contributed by atoms with Crippen LogP contribution in [0.5, 0.6) is 0 Å². The van der Waals surface area contributed by atoms with Crippen molar-refractivity contribution in [2.24, 2.45) is 0 Å². The first kappa shape index (κ1) is 26.4. The number of hydrogen-bond acceptors (Lipinski definition) is 4. The third-order valence-electron chi connectivity index (χ3n) is 2.12. The molecule has 0 aromatic heterocycles. The van der Waals surface area contributed by atoms with E-state index in [-0.39, 0.29) is 9.76 Å². The summed E-state index contributed by atoms with van der Waals surface area (Å²) >= 11 is 0. The van der Waals surface area contributed by atoms with Crippen LogP contribution < -0.4 is 0 Å². The molecule has 0 aliphatic heterocycles. The van der Waals surface area contributed by atoms with Crippen LogP contribution in [0.15, 0.2) is 0 Å². The summed E-state index contributed by atoms with van der Waals surface area (Å²) in [5, 5.41) is 0. The first-order valence-corrected chi connectivity index (χ1v) is 25.8. The zero-order chi connectivity index (χ0) is 19.1. The van der Waals surface area contributed by atoms with Crippen LogP contribution in [-0.2, 0) is 16.5 Å². The van der Waals surface area contributed by atoms with Gasteiger partial charge in [0.15, 0.2) is 25.7 Å². The molecule has 0 saturated heterocycles. The van der Waals surface area contributed by atoms with Gasteiger partial charge in [0, 0.05) is 0 Å². The molecule has 0 aromatic carbocycles. The van der Waals surface area contributed by atoms with Gasteiger partial charge in [0.05, 0.1) is 0 Å². The van der Waals surface area contributed by atoms with Gasteiger partial charge in [-0.3, -0.25) is 0 Å². The van der Waals surface area contributed by atoms with Crippen molar-refractivity contribution >= 4 is 52.6 Å². The molecule has 0 aliphatic rings. The Labute approximate surface area is 154 Å². The van der Waals surface area contributed by atoms with Gasteiger partial charge in [-0.05, 0) is 78.6 Å². The fourth-order valence-electron chi connectivity index (χ4n) is 2.44. The highest BCUT2D eigenvalue weighted by atomic mass is 28.5. The highest BCUT2D eigenvalue weighted by Crippen LogP contribution is 2.16. The zero-order valence-corrected chi connectivity index (χ0v) is 24.5. The van der Waals surface area contributed by atoms with E-state index in [9.17, 15) is 0 Å². The molecular weight excluding hydrogens is 389 g/mol. The minimum atomic E-state index is -1.78. The molecule has 0 amide bonds. The smallest absolute Gasteiger partial charge is 0.310 e. The molecule has 0 fully saturated rings. The molecule has 0 aromatic rings. The molecule has 0 spiro atoms. The minimum absolute atomic E-state index is 0.300. The molecule has 23 heavy (non-hydrogen) atoms. The van der Waals surface area contributed by atoms with Gasteiger partial charge in [-0.15, -0.1) is 0 Å². The van der Waals surface area contributed by atoms with E-state index in [1.165, 1.54) is 0 Å². The van der Waals surface area contributed by atoms with Gasteiger partial charge in [0.1, 0.15) is 9.76 Å². The molecule has 10 heteroatoms. The van der Waals surface area contributed by atoms with E-state index >= 15 is 0 Å². The second-order valence-electron chi connectivity index (χ2n) is 8.83. The second-order valence-corrected chi connectivity index (χ2v) is 29.3. The van der Waals surface area contributed by atoms with Crippen LogP contribution >= 0.6 is 0 Å². The van der Waals surface area contributed by atoms with Crippen molar-refractivity contribution < 1.29 is 16.5 Å². The molecule has 4 nitrogen and oxygen atoms in total. The van der Waals surface area contributed by atoms with Gasteiger partial charge in [0.25, 0.3) is 0 Å². The lowest BCUT2D eigenvalue weighted by Gasteiger charge is -2.32. The molecule has 0 bridgehead atoms. The summed E-state index contributed by atoms with van der Waals surface area (Å²) in [6.45, 7) is 28.4. The van der Waals surface area contributed by atoms with Crippen molar-refractivity contribution in [3.8, 4) is 0 Å². The normalized spacial score (nSPS) is 14.3. The lowest BCUT2D eigenvalue weighted by Crippen LogP contribution is -2.46. The average Bonchev–Trinajstić information content (AvgIpc) is 2.05. The largest absolute Gasteiger partial charge is 0.442 e. The van der Waals surface area contributed by atoms with Gasteiger partial charge in [-0.2, -0.15) is 0 Å². The Morgan fingerprint density at radius 1 is 0.652 bits per heavy atom. The van der Waals surface area contributed by atoms with Gasteiger partial charge in [-0.25, -0.2) is 0 Å². The standard InChI is InChI=1S/C7H22O2Si3.C6H20O2Si3/c1-10(2)8-12(6,7)9-11(3,4)5;1-9-7-11(5,6)8-10(2,3)4/h10H,1-7H3;9H2,1-6H3. The lowest BCUT2D eigenvalue weighted by molar-refractivity contribution is 0.404. The summed E-state index contributed by atoms with van der Waals surface area (Å²) in [6, 6.07) is 0. The van der Waals surface area contributed by atoms with Gasteiger partial charge in [0.2, 0.25) is 0 Å². The maximum Gasteiger partial charge on any atom is 0.310 e. The molecule has 0 unspecified atom stereocenters. The molecular formula is C13H42O4Si6. The Morgan fingerprint density at radius 3 is 1.26 bits per heavy atom. The average molecular weight is 431 g/mol. The number of hydrogen-bond donors (Lipinski definition) is 0. The maximum absolute atomic E-state index is 6.03. The SMILES string of the molecule is C[SiH2]O[Si](C)(C)O[Si](C)(C)C.C[SiH](C)O[Si](C)(C)O[Si](C)(C)C. The fraction of sp³-hybridized carbons (Fsp3) is 1.00. The summed E-state index contributed by atoms with van der Waals surface area (Å²) in [6.07, 6.45) is 0. The monoisotopic (exact) mass is 430 g/mol. The molecule has 0 rings (SSSR count). The van der Waals surface area contributed by atoms with Gasteiger partial charge < -0.3 is 16.5 Å². The highest BCUT2D eigenvalue weighted by Gasteiger charge is 2.32. The summed E-state index contributed by atoms with van der Waals surface area (Å²) in [7, 11) is -7.49. The molecule has 0 N–H and O–H groups in total. The van der Waals surface area contributed by atoms with Crippen molar-refractivity contribution in [2.75, 3.05) is 0 Å². The van der Waals surface area contributed by atoms with E-state index in [1.807, 2.05) is 0 Å². The Morgan fingerprint density at radius 2 is 1.00 bits per heavy atom. The van der Waals surface area contributed by atoms with E-state index in [1.54, 1.807) is 0 Å². The van der Waals surface area contributed by atoms with Gasteiger partial charge >= 0.3 is 17.1 Å². The first-order chi connectivity index (χ1) is 9.89. The highest BCUT2D eigenvalue weighted by molar-refractivity contribution is 6.84. The molecule has 142 valence electrons. The third-order valence-corrected chi connectivity index (χ3v) is 19.0. The van der Waals surface area contributed by atoms with Gasteiger partial charge in [-0.1, -0.05) is 6.55 Å². The van der Waals surface area contributed by atoms with E-state index < -0.39 is 42.8 Å². The van der Waals surface area contributed by atoms with E-state index in [4.69, 9.17) is 16.5 Å². The Hall–Kier alpha value is 1.14. The fourth-order valence-corrected chi connectivity index (χ4v) is 23.0. The van der Waals surface area contributed by atoms with Crippen molar-refractivity contribution in [1.82, 2.24) is 0 Å². The number of rotatable bonds is 8. The van der Waals surface area contributed by atoms with E-state index in [0.29, 0.717) is 0 Å². The third kappa shape index (κ3) is 21.1. The predicted molar refractivity (Wildman–Crippen MR) is 119 cm³/mol. The molecule has 0 radical (unpaired) electrons. The van der Waals surface area contributed by atoms with E-state index in [0.717, 1.165) is 0 Å². The summed E-state index contributed by atoms with van der Waals surface area (Å²) in [4.78, 5) is 0. The molecule has 0 aliphatic carbocycles. The second kappa shape index (κ2) is 10.3. The Bertz CT molecular complexity index is 323. The van der Waals surface area contributed by atoms with Crippen molar-refractivity contribution in [3.05, 3.63) is 0 Å². The van der Waals surface area contributed by atoms with Crippen LogP contribution in [0, 0.1) is 0 Å². The minimum Gasteiger partial charge on any atom is -0.442 e. The van der Waals surface area contributed by atoms with Crippen LogP contribution in [0.2, 0.25) is 85.1 Å². The first-order valence-electron chi connectivity index (χ1n) is 8.61. The summed E-state index contributed by atoms with van der Waals surface area (Å²) in [5.74, 6) is 0. The molecule has 0 atom stereocenters.